The summed E-state index contributed by atoms with van der Waals surface area (Å²) in [5.74, 6) is -0.267. The average Bonchev–Trinajstić information content (AvgIpc) is 3.17. The first-order valence-electron chi connectivity index (χ1n) is 7.71. The Balaban J connectivity index is 1.52. The SMILES string of the molecule is CC1CC1C(=O)Nc1ccc(C(=O)NNC(=O)c2ccc(Br)s2)cc1. The van der Waals surface area contributed by atoms with E-state index in [9.17, 15) is 14.4 Å². The molecule has 1 aliphatic rings. The van der Waals surface area contributed by atoms with Crippen molar-refractivity contribution in [3.8, 4) is 0 Å². The molecule has 6 nitrogen and oxygen atoms in total. The van der Waals surface area contributed by atoms with E-state index in [2.05, 4.69) is 32.1 Å². The van der Waals surface area contributed by atoms with Crippen LogP contribution in [0.25, 0.3) is 0 Å². The van der Waals surface area contributed by atoms with Gasteiger partial charge in [0.1, 0.15) is 0 Å². The summed E-state index contributed by atoms with van der Waals surface area (Å²) < 4.78 is 0.835. The summed E-state index contributed by atoms with van der Waals surface area (Å²) in [4.78, 5) is 36.3. The van der Waals surface area contributed by atoms with Crippen LogP contribution in [-0.2, 0) is 4.79 Å². The van der Waals surface area contributed by atoms with Crippen LogP contribution in [0.15, 0.2) is 40.2 Å². The van der Waals surface area contributed by atoms with Crippen molar-refractivity contribution in [3.63, 3.8) is 0 Å². The third-order valence-electron chi connectivity index (χ3n) is 3.95. The van der Waals surface area contributed by atoms with Crippen LogP contribution in [0.1, 0.15) is 33.4 Å². The van der Waals surface area contributed by atoms with Crippen molar-refractivity contribution in [3.05, 3.63) is 50.6 Å². The number of hydrogen-bond acceptors (Lipinski definition) is 4. The highest BCUT2D eigenvalue weighted by Crippen LogP contribution is 2.38. The van der Waals surface area contributed by atoms with Gasteiger partial charge < -0.3 is 5.32 Å². The topological polar surface area (TPSA) is 87.3 Å². The summed E-state index contributed by atoms with van der Waals surface area (Å²) in [6.07, 6.45) is 0.923. The third-order valence-corrected chi connectivity index (χ3v) is 5.57. The zero-order valence-corrected chi connectivity index (χ0v) is 15.7. The molecule has 2 atom stereocenters. The second kappa shape index (κ2) is 7.37. The van der Waals surface area contributed by atoms with Gasteiger partial charge >= 0.3 is 0 Å². The Kier molecular flexibility index (Phi) is 5.19. The molecule has 1 aromatic heterocycles. The minimum atomic E-state index is -0.433. The minimum Gasteiger partial charge on any atom is -0.326 e. The zero-order valence-electron chi connectivity index (χ0n) is 13.3. The van der Waals surface area contributed by atoms with Crippen LogP contribution in [-0.4, -0.2) is 17.7 Å². The highest BCUT2D eigenvalue weighted by molar-refractivity contribution is 9.11. The van der Waals surface area contributed by atoms with E-state index in [1.165, 1.54) is 11.3 Å². The molecule has 8 heteroatoms. The summed E-state index contributed by atoms with van der Waals surface area (Å²) in [6.45, 7) is 2.04. The molecular formula is C17H16BrN3O3S. The first-order valence-corrected chi connectivity index (χ1v) is 9.32. The average molecular weight is 422 g/mol. The van der Waals surface area contributed by atoms with Gasteiger partial charge in [0.25, 0.3) is 11.8 Å². The first kappa shape index (κ1) is 17.6. The number of benzene rings is 1. The molecule has 0 aliphatic heterocycles. The molecule has 0 radical (unpaired) electrons. The van der Waals surface area contributed by atoms with Gasteiger partial charge in [-0.25, -0.2) is 0 Å². The standard InChI is InChI=1S/C17H16BrN3O3S/c1-9-8-12(9)16(23)19-11-4-2-10(3-5-11)15(22)20-21-17(24)13-6-7-14(18)25-13/h2-7,9,12H,8H2,1H3,(H,19,23)(H,20,22)(H,21,24). The van der Waals surface area contributed by atoms with E-state index in [0.29, 0.717) is 22.0 Å². The maximum Gasteiger partial charge on any atom is 0.279 e. The van der Waals surface area contributed by atoms with Crippen LogP contribution < -0.4 is 16.2 Å². The van der Waals surface area contributed by atoms with Crippen LogP contribution in [0.2, 0.25) is 0 Å². The Morgan fingerprint density at radius 3 is 2.24 bits per heavy atom. The van der Waals surface area contributed by atoms with Gasteiger partial charge in [-0.1, -0.05) is 6.92 Å². The number of halogens is 1. The predicted octanol–water partition coefficient (Wildman–Crippen LogP) is 3.18. The monoisotopic (exact) mass is 421 g/mol. The Bertz CT molecular complexity index is 819. The van der Waals surface area contributed by atoms with E-state index in [4.69, 9.17) is 0 Å². The lowest BCUT2D eigenvalue weighted by Crippen LogP contribution is -2.41. The zero-order chi connectivity index (χ0) is 18.0. The quantitative estimate of drug-likeness (QED) is 0.662. The van der Waals surface area contributed by atoms with Gasteiger partial charge in [0.05, 0.1) is 8.66 Å². The van der Waals surface area contributed by atoms with Gasteiger partial charge in [-0.05, 0) is 64.7 Å². The number of carbonyl (C=O) groups is 3. The van der Waals surface area contributed by atoms with Crippen LogP contribution >= 0.6 is 27.3 Å². The lowest BCUT2D eigenvalue weighted by molar-refractivity contribution is -0.117. The van der Waals surface area contributed by atoms with Crippen molar-refractivity contribution in [1.82, 2.24) is 10.9 Å². The number of anilines is 1. The minimum absolute atomic E-state index is 0.0130. The second-order valence-electron chi connectivity index (χ2n) is 5.90. The maximum atomic E-state index is 12.1. The molecule has 2 aromatic rings. The largest absolute Gasteiger partial charge is 0.326 e. The highest BCUT2D eigenvalue weighted by atomic mass is 79.9. The van der Waals surface area contributed by atoms with Crippen LogP contribution in [0, 0.1) is 11.8 Å². The fourth-order valence-corrected chi connectivity index (χ4v) is 3.59. The van der Waals surface area contributed by atoms with Gasteiger partial charge in [-0.3, -0.25) is 25.2 Å². The molecular weight excluding hydrogens is 406 g/mol. The van der Waals surface area contributed by atoms with Crippen molar-refractivity contribution in [2.24, 2.45) is 11.8 Å². The van der Waals surface area contributed by atoms with E-state index >= 15 is 0 Å². The molecule has 1 aromatic carbocycles. The van der Waals surface area contributed by atoms with E-state index in [-0.39, 0.29) is 17.7 Å². The Morgan fingerprint density at radius 2 is 1.68 bits per heavy atom. The van der Waals surface area contributed by atoms with E-state index in [1.807, 2.05) is 6.92 Å². The number of hydrogen-bond donors (Lipinski definition) is 3. The molecule has 1 saturated carbocycles. The number of nitrogens with one attached hydrogen (secondary N) is 3. The summed E-state index contributed by atoms with van der Waals surface area (Å²) in [6, 6.07) is 9.94. The lowest BCUT2D eigenvalue weighted by Gasteiger charge is -2.08. The van der Waals surface area contributed by atoms with Crippen LogP contribution in [0.5, 0.6) is 0 Å². The smallest absolute Gasteiger partial charge is 0.279 e. The summed E-state index contributed by atoms with van der Waals surface area (Å²) in [7, 11) is 0. The molecule has 0 saturated heterocycles. The molecule has 130 valence electrons. The molecule has 2 unspecified atom stereocenters. The van der Waals surface area contributed by atoms with Gasteiger partial charge in [-0.15, -0.1) is 11.3 Å². The number of thiophene rings is 1. The van der Waals surface area contributed by atoms with Gasteiger partial charge in [0.15, 0.2) is 0 Å². The lowest BCUT2D eigenvalue weighted by atomic mass is 10.2. The normalized spacial score (nSPS) is 18.3. The molecule has 0 bridgehead atoms. The summed E-state index contributed by atoms with van der Waals surface area (Å²) in [5, 5.41) is 2.83. The Morgan fingerprint density at radius 1 is 1.04 bits per heavy atom. The second-order valence-corrected chi connectivity index (χ2v) is 8.36. The fraction of sp³-hybridized carbons (Fsp3) is 0.235. The van der Waals surface area contributed by atoms with Crippen molar-refractivity contribution in [2.45, 2.75) is 13.3 Å². The fourth-order valence-electron chi connectivity index (χ4n) is 2.31. The maximum absolute atomic E-state index is 12.1. The molecule has 25 heavy (non-hydrogen) atoms. The number of hydrazine groups is 1. The van der Waals surface area contributed by atoms with E-state index in [0.717, 1.165) is 10.2 Å². The molecule has 3 amide bonds. The molecule has 1 heterocycles. The summed E-state index contributed by atoms with van der Waals surface area (Å²) in [5.41, 5.74) is 5.76. The van der Waals surface area contributed by atoms with Crippen molar-refractivity contribution in [1.29, 1.82) is 0 Å². The third kappa shape index (κ3) is 4.46. The molecule has 1 fully saturated rings. The van der Waals surface area contributed by atoms with Gasteiger partial charge in [0.2, 0.25) is 5.91 Å². The van der Waals surface area contributed by atoms with Gasteiger partial charge in [-0.2, -0.15) is 0 Å². The van der Waals surface area contributed by atoms with E-state index < -0.39 is 5.91 Å². The number of rotatable bonds is 4. The Labute approximate surface area is 157 Å². The van der Waals surface area contributed by atoms with E-state index in [1.54, 1.807) is 36.4 Å². The highest BCUT2D eigenvalue weighted by Gasteiger charge is 2.39. The van der Waals surface area contributed by atoms with Crippen LogP contribution in [0.4, 0.5) is 5.69 Å². The molecule has 3 rings (SSSR count). The molecule has 0 spiro atoms. The number of carbonyl (C=O) groups excluding carboxylic acids is 3. The predicted molar refractivity (Wildman–Crippen MR) is 99.3 cm³/mol. The Hall–Kier alpha value is -2.19. The van der Waals surface area contributed by atoms with Crippen molar-refractivity contribution >= 4 is 50.7 Å². The van der Waals surface area contributed by atoms with Gasteiger partial charge in [0, 0.05) is 17.2 Å². The number of amides is 3. The van der Waals surface area contributed by atoms with Crippen LogP contribution in [0.3, 0.4) is 0 Å². The van der Waals surface area contributed by atoms with Crippen molar-refractivity contribution < 1.29 is 14.4 Å². The van der Waals surface area contributed by atoms with Crippen molar-refractivity contribution in [2.75, 3.05) is 5.32 Å². The first-order chi connectivity index (χ1) is 11.9. The molecule has 1 aliphatic carbocycles. The summed E-state index contributed by atoms with van der Waals surface area (Å²) >= 11 is 4.55. The molecule has 3 N–H and O–H groups in total.